The molecule has 4 rings (SSSR count). The van der Waals surface area contributed by atoms with Crippen molar-refractivity contribution in [2.24, 2.45) is 0 Å². The second-order valence-electron chi connectivity index (χ2n) is 5.31. The molecule has 17 heavy (non-hydrogen) atoms. The van der Waals surface area contributed by atoms with E-state index in [1.54, 1.807) is 13.3 Å². The summed E-state index contributed by atoms with van der Waals surface area (Å²) in [5.41, 5.74) is 1.35. The SMILES string of the molecule is COc1cncc(C2CCC3CC(CC2)N3)c1. The predicted octanol–water partition coefficient (Wildman–Crippen LogP) is 2.48. The second-order valence-corrected chi connectivity index (χ2v) is 5.31. The highest BCUT2D eigenvalue weighted by Crippen LogP contribution is 2.35. The van der Waals surface area contributed by atoms with Crippen LogP contribution in [0.1, 0.15) is 43.6 Å². The van der Waals surface area contributed by atoms with E-state index in [4.69, 9.17) is 4.74 Å². The Morgan fingerprint density at radius 2 is 1.88 bits per heavy atom. The first kappa shape index (κ1) is 11.0. The summed E-state index contributed by atoms with van der Waals surface area (Å²) in [5.74, 6) is 1.55. The van der Waals surface area contributed by atoms with E-state index in [9.17, 15) is 0 Å². The van der Waals surface area contributed by atoms with Crippen molar-refractivity contribution >= 4 is 0 Å². The van der Waals surface area contributed by atoms with E-state index in [0.717, 1.165) is 17.8 Å². The molecule has 92 valence electrons. The van der Waals surface area contributed by atoms with Crippen molar-refractivity contribution < 1.29 is 4.74 Å². The molecule has 2 bridgehead atoms. The number of rotatable bonds is 2. The Kier molecular flexibility index (Phi) is 3.02. The number of aromatic nitrogens is 1. The topological polar surface area (TPSA) is 34.1 Å². The summed E-state index contributed by atoms with van der Waals surface area (Å²) in [6.45, 7) is 0. The van der Waals surface area contributed by atoms with Crippen molar-refractivity contribution in [3.05, 3.63) is 24.0 Å². The smallest absolute Gasteiger partial charge is 0.137 e. The van der Waals surface area contributed by atoms with E-state index in [2.05, 4.69) is 16.4 Å². The van der Waals surface area contributed by atoms with Crippen molar-refractivity contribution in [3.8, 4) is 5.75 Å². The highest BCUT2D eigenvalue weighted by Gasteiger charge is 2.31. The van der Waals surface area contributed by atoms with Gasteiger partial charge in [-0.2, -0.15) is 0 Å². The summed E-state index contributed by atoms with van der Waals surface area (Å²) in [7, 11) is 1.71. The van der Waals surface area contributed by atoms with Gasteiger partial charge in [0.15, 0.2) is 0 Å². The number of hydrogen-bond donors (Lipinski definition) is 1. The fourth-order valence-corrected chi connectivity index (χ4v) is 3.11. The van der Waals surface area contributed by atoms with Gasteiger partial charge in [0.1, 0.15) is 5.75 Å². The number of pyridine rings is 1. The molecule has 0 spiro atoms. The Balaban J connectivity index is 1.73. The normalized spacial score (nSPS) is 32.2. The molecule has 2 saturated heterocycles. The van der Waals surface area contributed by atoms with Crippen LogP contribution in [0.15, 0.2) is 18.5 Å². The molecule has 3 aliphatic rings. The average molecular weight is 232 g/mol. The van der Waals surface area contributed by atoms with Crippen LogP contribution in [-0.2, 0) is 0 Å². The van der Waals surface area contributed by atoms with Crippen LogP contribution >= 0.6 is 0 Å². The van der Waals surface area contributed by atoms with Crippen molar-refractivity contribution in [1.29, 1.82) is 0 Å². The van der Waals surface area contributed by atoms with Crippen LogP contribution in [0.2, 0.25) is 0 Å². The van der Waals surface area contributed by atoms with Gasteiger partial charge < -0.3 is 10.1 Å². The first-order valence-electron chi connectivity index (χ1n) is 6.60. The van der Waals surface area contributed by atoms with E-state index in [-0.39, 0.29) is 0 Å². The molecule has 2 aliphatic heterocycles. The summed E-state index contributed by atoms with van der Waals surface area (Å²) in [5, 5.41) is 3.64. The zero-order chi connectivity index (χ0) is 11.7. The molecule has 1 N–H and O–H groups in total. The molecule has 1 saturated carbocycles. The van der Waals surface area contributed by atoms with Crippen LogP contribution in [0, 0.1) is 0 Å². The molecule has 0 amide bonds. The Hall–Kier alpha value is -1.09. The standard InChI is InChI=1S/C14H20N2O/c1-17-14-6-11(8-15-9-14)10-2-4-12-7-13(16-12)5-3-10/h6,8-10,12-13,16H,2-5,7H2,1H3. The minimum absolute atomic E-state index is 0.671. The molecule has 1 aromatic heterocycles. The van der Waals surface area contributed by atoms with Crippen molar-refractivity contribution in [2.75, 3.05) is 7.11 Å². The molecule has 1 aliphatic carbocycles. The monoisotopic (exact) mass is 232 g/mol. The number of hydrogen-bond acceptors (Lipinski definition) is 3. The predicted molar refractivity (Wildman–Crippen MR) is 67.3 cm³/mol. The molecule has 3 heteroatoms. The van der Waals surface area contributed by atoms with Gasteiger partial charge in [-0.3, -0.25) is 4.98 Å². The molecule has 0 aromatic carbocycles. The molecule has 0 radical (unpaired) electrons. The van der Waals surface area contributed by atoms with Crippen molar-refractivity contribution in [2.45, 2.75) is 50.1 Å². The van der Waals surface area contributed by atoms with Gasteiger partial charge in [0.2, 0.25) is 0 Å². The van der Waals surface area contributed by atoms with Crippen LogP contribution in [0.5, 0.6) is 5.75 Å². The molecular formula is C14H20N2O. The Bertz CT molecular complexity index is 376. The molecule has 2 unspecified atom stereocenters. The lowest BCUT2D eigenvalue weighted by atomic mass is 9.79. The highest BCUT2D eigenvalue weighted by molar-refractivity contribution is 5.26. The highest BCUT2D eigenvalue weighted by atomic mass is 16.5. The van der Waals surface area contributed by atoms with Gasteiger partial charge in [-0.15, -0.1) is 0 Å². The van der Waals surface area contributed by atoms with Crippen LogP contribution in [0.25, 0.3) is 0 Å². The molecule has 2 atom stereocenters. The largest absolute Gasteiger partial charge is 0.495 e. The first-order valence-corrected chi connectivity index (χ1v) is 6.60. The lowest BCUT2D eigenvalue weighted by Crippen LogP contribution is -2.53. The molecule has 1 aromatic rings. The van der Waals surface area contributed by atoms with Crippen molar-refractivity contribution in [1.82, 2.24) is 10.3 Å². The lowest BCUT2D eigenvalue weighted by molar-refractivity contribution is 0.202. The number of nitrogens with one attached hydrogen (secondary N) is 1. The third-order valence-electron chi connectivity index (χ3n) is 4.21. The molecule has 3 nitrogen and oxygen atoms in total. The average Bonchev–Trinajstić information content (AvgIpc) is 2.26. The Morgan fingerprint density at radius 3 is 2.53 bits per heavy atom. The first-order chi connectivity index (χ1) is 8.35. The third-order valence-corrected chi connectivity index (χ3v) is 4.21. The van der Waals surface area contributed by atoms with Gasteiger partial charge in [-0.05, 0) is 49.7 Å². The second kappa shape index (κ2) is 4.65. The minimum Gasteiger partial charge on any atom is -0.495 e. The number of nitrogens with zero attached hydrogens (tertiary/aromatic N) is 1. The van der Waals surface area contributed by atoms with Gasteiger partial charge in [-0.25, -0.2) is 0 Å². The fourth-order valence-electron chi connectivity index (χ4n) is 3.11. The molecule has 3 heterocycles. The number of ether oxygens (including phenoxy) is 1. The maximum Gasteiger partial charge on any atom is 0.137 e. The van der Waals surface area contributed by atoms with Crippen molar-refractivity contribution in [3.63, 3.8) is 0 Å². The number of fused-ring (bicyclic) bond motifs is 4. The Morgan fingerprint density at radius 1 is 1.18 bits per heavy atom. The summed E-state index contributed by atoms with van der Waals surface area (Å²) in [4.78, 5) is 4.27. The third kappa shape index (κ3) is 2.29. The minimum atomic E-state index is 0.671. The van der Waals surface area contributed by atoms with E-state index in [1.807, 2.05) is 6.20 Å². The Labute approximate surface area is 103 Å². The van der Waals surface area contributed by atoms with Crippen LogP contribution < -0.4 is 10.1 Å². The van der Waals surface area contributed by atoms with E-state index in [0.29, 0.717) is 5.92 Å². The quantitative estimate of drug-likeness (QED) is 0.850. The lowest BCUT2D eigenvalue weighted by Gasteiger charge is -2.41. The van der Waals surface area contributed by atoms with Crippen LogP contribution in [-0.4, -0.2) is 24.2 Å². The van der Waals surface area contributed by atoms with Gasteiger partial charge in [0, 0.05) is 18.3 Å². The maximum atomic E-state index is 5.26. The van der Waals surface area contributed by atoms with Gasteiger partial charge >= 0.3 is 0 Å². The van der Waals surface area contributed by atoms with E-state index in [1.165, 1.54) is 37.7 Å². The van der Waals surface area contributed by atoms with Gasteiger partial charge in [0.05, 0.1) is 13.3 Å². The zero-order valence-electron chi connectivity index (χ0n) is 10.4. The maximum absolute atomic E-state index is 5.26. The fraction of sp³-hybridized carbons (Fsp3) is 0.643. The number of methoxy groups -OCH3 is 1. The summed E-state index contributed by atoms with van der Waals surface area (Å²) >= 11 is 0. The summed E-state index contributed by atoms with van der Waals surface area (Å²) in [6.07, 6.45) is 10.3. The summed E-state index contributed by atoms with van der Waals surface area (Å²) in [6, 6.07) is 3.71. The zero-order valence-corrected chi connectivity index (χ0v) is 10.4. The van der Waals surface area contributed by atoms with Gasteiger partial charge in [-0.1, -0.05) is 0 Å². The summed E-state index contributed by atoms with van der Waals surface area (Å²) < 4.78 is 5.26. The van der Waals surface area contributed by atoms with E-state index >= 15 is 0 Å². The molecular weight excluding hydrogens is 212 g/mol. The van der Waals surface area contributed by atoms with Crippen LogP contribution in [0.4, 0.5) is 0 Å². The van der Waals surface area contributed by atoms with Gasteiger partial charge in [0.25, 0.3) is 0 Å². The van der Waals surface area contributed by atoms with E-state index < -0.39 is 0 Å². The van der Waals surface area contributed by atoms with Crippen LogP contribution in [0.3, 0.4) is 0 Å². The molecule has 3 fully saturated rings.